The summed E-state index contributed by atoms with van der Waals surface area (Å²) in [6, 6.07) is 12.9. The number of ether oxygens (including phenoxy) is 1. The number of pyridine rings is 1. The molecule has 26 heavy (non-hydrogen) atoms. The van der Waals surface area contributed by atoms with Crippen LogP contribution in [0.2, 0.25) is 0 Å². The van der Waals surface area contributed by atoms with Gasteiger partial charge in [-0.3, -0.25) is 9.69 Å². The standard InChI is InChI=1S/C18H15N3O3S2/c1-24-16(22)11-14-17(23)21(12-6-5-7-13(10-12)25-2)18(26-14)20-15-8-3-4-9-19-15/h3-11H,1-2H3. The second-order valence-corrected chi connectivity index (χ2v) is 6.95. The molecular weight excluding hydrogens is 370 g/mol. The molecule has 0 N–H and O–H groups in total. The average molecular weight is 385 g/mol. The van der Waals surface area contributed by atoms with E-state index in [0.717, 1.165) is 16.7 Å². The monoisotopic (exact) mass is 385 g/mol. The Balaban J connectivity index is 2.06. The molecular formula is C18H15N3O3S2. The maximum absolute atomic E-state index is 12.9. The van der Waals surface area contributed by atoms with Crippen LogP contribution in [0, 0.1) is 0 Å². The minimum Gasteiger partial charge on any atom is -0.466 e. The van der Waals surface area contributed by atoms with Crippen LogP contribution in [0.3, 0.4) is 0 Å². The lowest BCUT2D eigenvalue weighted by Gasteiger charge is -2.16. The van der Waals surface area contributed by atoms with Crippen molar-refractivity contribution in [3.63, 3.8) is 0 Å². The number of carbonyl (C=O) groups excluding carboxylic acids is 2. The number of benzene rings is 1. The number of anilines is 1. The van der Waals surface area contributed by atoms with Gasteiger partial charge in [0.1, 0.15) is 0 Å². The van der Waals surface area contributed by atoms with Crippen LogP contribution < -0.4 is 4.90 Å². The summed E-state index contributed by atoms with van der Waals surface area (Å²) in [5, 5.41) is 0.433. The fourth-order valence-corrected chi connectivity index (χ4v) is 3.61. The van der Waals surface area contributed by atoms with E-state index in [0.29, 0.717) is 16.7 Å². The van der Waals surface area contributed by atoms with E-state index in [1.54, 1.807) is 30.1 Å². The molecule has 1 aliphatic heterocycles. The minimum absolute atomic E-state index is 0.251. The van der Waals surface area contributed by atoms with Crippen LogP contribution in [0.5, 0.6) is 0 Å². The van der Waals surface area contributed by atoms with Crippen LogP contribution >= 0.6 is 23.5 Å². The Labute approximate surface area is 159 Å². The minimum atomic E-state index is -0.585. The maximum Gasteiger partial charge on any atom is 0.331 e. The van der Waals surface area contributed by atoms with E-state index in [1.807, 2.05) is 36.6 Å². The van der Waals surface area contributed by atoms with Gasteiger partial charge in [-0.15, -0.1) is 11.8 Å². The highest BCUT2D eigenvalue weighted by Crippen LogP contribution is 2.36. The summed E-state index contributed by atoms with van der Waals surface area (Å²) in [7, 11) is 1.27. The van der Waals surface area contributed by atoms with Gasteiger partial charge >= 0.3 is 5.97 Å². The zero-order chi connectivity index (χ0) is 18.5. The summed E-state index contributed by atoms with van der Waals surface area (Å²) in [5.41, 5.74) is 0.678. The van der Waals surface area contributed by atoms with Crippen LogP contribution in [0.15, 0.2) is 69.5 Å². The zero-order valence-electron chi connectivity index (χ0n) is 14.1. The van der Waals surface area contributed by atoms with Crippen LogP contribution in [0.25, 0.3) is 0 Å². The number of hydrogen-bond donors (Lipinski definition) is 0. The molecule has 1 amide bonds. The first-order valence-corrected chi connectivity index (χ1v) is 9.62. The van der Waals surface area contributed by atoms with E-state index in [1.165, 1.54) is 18.1 Å². The number of esters is 1. The lowest BCUT2D eigenvalue weighted by molar-refractivity contribution is -0.135. The number of methoxy groups -OCH3 is 1. The summed E-state index contributed by atoms with van der Waals surface area (Å²) >= 11 is 2.69. The van der Waals surface area contributed by atoms with E-state index < -0.39 is 5.97 Å². The van der Waals surface area contributed by atoms with Gasteiger partial charge in [-0.05, 0) is 48.3 Å². The van der Waals surface area contributed by atoms with Crippen LogP contribution in [0.1, 0.15) is 0 Å². The summed E-state index contributed by atoms with van der Waals surface area (Å²) < 4.78 is 4.64. The van der Waals surface area contributed by atoms with Gasteiger partial charge in [0, 0.05) is 17.2 Å². The molecule has 132 valence electrons. The van der Waals surface area contributed by atoms with E-state index >= 15 is 0 Å². The van der Waals surface area contributed by atoms with Crippen molar-refractivity contribution in [1.29, 1.82) is 0 Å². The maximum atomic E-state index is 12.9. The SMILES string of the molecule is COC(=O)C=C1SC(=Nc2ccccn2)N(c2cccc(SC)c2)C1=O. The summed E-state index contributed by atoms with van der Waals surface area (Å²) in [4.78, 5) is 35.9. The molecule has 1 saturated heterocycles. The van der Waals surface area contributed by atoms with Gasteiger partial charge in [-0.2, -0.15) is 0 Å². The molecule has 1 aliphatic rings. The Morgan fingerprint density at radius 3 is 2.85 bits per heavy atom. The second-order valence-electron chi connectivity index (χ2n) is 5.06. The molecule has 2 aromatic rings. The Morgan fingerprint density at radius 1 is 1.31 bits per heavy atom. The molecule has 1 aromatic carbocycles. The van der Waals surface area contributed by atoms with Gasteiger partial charge in [0.2, 0.25) is 0 Å². The number of amidine groups is 1. The fraction of sp³-hybridized carbons (Fsp3) is 0.111. The lowest BCUT2D eigenvalue weighted by atomic mass is 10.3. The molecule has 6 nitrogen and oxygen atoms in total. The van der Waals surface area contributed by atoms with Crippen LogP contribution in [-0.2, 0) is 14.3 Å². The number of thioether (sulfide) groups is 2. The van der Waals surface area contributed by atoms with Gasteiger partial charge in [-0.25, -0.2) is 14.8 Å². The van der Waals surface area contributed by atoms with Crippen LogP contribution in [-0.4, -0.2) is 35.4 Å². The number of aliphatic imine (C=N–C) groups is 1. The predicted molar refractivity (Wildman–Crippen MR) is 105 cm³/mol. The van der Waals surface area contributed by atoms with E-state index in [9.17, 15) is 9.59 Å². The smallest absolute Gasteiger partial charge is 0.331 e. The summed E-state index contributed by atoms with van der Waals surface area (Å²) in [6.45, 7) is 0. The molecule has 0 unspecified atom stereocenters. The first kappa shape index (κ1) is 18.2. The molecule has 1 aromatic heterocycles. The van der Waals surface area contributed by atoms with Gasteiger partial charge in [0.25, 0.3) is 5.91 Å². The largest absolute Gasteiger partial charge is 0.466 e. The van der Waals surface area contributed by atoms with E-state index in [4.69, 9.17) is 0 Å². The Bertz CT molecular complexity index is 898. The second kappa shape index (κ2) is 8.20. The Morgan fingerprint density at radius 2 is 2.15 bits per heavy atom. The van der Waals surface area contributed by atoms with E-state index in [2.05, 4.69) is 14.7 Å². The first-order valence-electron chi connectivity index (χ1n) is 7.58. The third kappa shape index (κ3) is 3.97. The summed E-state index contributed by atoms with van der Waals surface area (Å²) in [5.74, 6) is -0.431. The van der Waals surface area contributed by atoms with Crippen molar-refractivity contribution in [1.82, 2.24) is 4.98 Å². The van der Waals surface area contributed by atoms with Crippen molar-refractivity contribution in [2.75, 3.05) is 18.3 Å². The molecule has 0 spiro atoms. The fourth-order valence-electron chi connectivity index (χ4n) is 2.21. The van der Waals surface area contributed by atoms with Crippen molar-refractivity contribution in [2.45, 2.75) is 4.90 Å². The summed E-state index contributed by atoms with van der Waals surface area (Å²) in [6.07, 6.45) is 4.77. The van der Waals surface area contributed by atoms with Crippen LogP contribution in [0.4, 0.5) is 11.5 Å². The normalized spacial score (nSPS) is 17.2. The molecule has 3 rings (SSSR count). The van der Waals surface area contributed by atoms with Gasteiger partial charge in [0.15, 0.2) is 11.0 Å². The number of amides is 1. The molecule has 0 saturated carbocycles. The molecule has 0 radical (unpaired) electrons. The highest BCUT2D eigenvalue weighted by molar-refractivity contribution is 8.19. The van der Waals surface area contributed by atoms with Gasteiger partial charge in [-0.1, -0.05) is 12.1 Å². The quantitative estimate of drug-likeness (QED) is 0.455. The third-order valence-corrected chi connectivity index (χ3v) is 5.12. The molecule has 8 heteroatoms. The first-order chi connectivity index (χ1) is 12.6. The molecule has 0 aliphatic carbocycles. The lowest BCUT2D eigenvalue weighted by Crippen LogP contribution is -2.28. The van der Waals surface area contributed by atoms with Gasteiger partial charge in [0.05, 0.1) is 17.7 Å². The zero-order valence-corrected chi connectivity index (χ0v) is 15.7. The number of aromatic nitrogens is 1. The Kier molecular flexibility index (Phi) is 5.75. The topological polar surface area (TPSA) is 71.9 Å². The average Bonchev–Trinajstić information content (AvgIpc) is 2.97. The number of carbonyl (C=O) groups is 2. The Hall–Kier alpha value is -2.58. The van der Waals surface area contributed by atoms with Gasteiger partial charge < -0.3 is 4.74 Å². The highest BCUT2D eigenvalue weighted by atomic mass is 32.2. The van der Waals surface area contributed by atoms with Crippen molar-refractivity contribution in [2.24, 2.45) is 4.99 Å². The van der Waals surface area contributed by atoms with Crippen molar-refractivity contribution in [3.05, 3.63) is 59.6 Å². The van der Waals surface area contributed by atoms with Crippen molar-refractivity contribution in [3.8, 4) is 0 Å². The molecule has 2 heterocycles. The number of nitrogens with zero attached hydrogens (tertiary/aromatic N) is 3. The highest BCUT2D eigenvalue weighted by Gasteiger charge is 2.35. The van der Waals surface area contributed by atoms with Crippen molar-refractivity contribution >= 4 is 52.1 Å². The molecule has 0 atom stereocenters. The van der Waals surface area contributed by atoms with Crippen molar-refractivity contribution < 1.29 is 14.3 Å². The predicted octanol–water partition coefficient (Wildman–Crippen LogP) is 3.63. The number of hydrogen-bond acceptors (Lipinski definition) is 7. The van der Waals surface area contributed by atoms with E-state index in [-0.39, 0.29) is 10.8 Å². The number of rotatable bonds is 4. The molecule has 0 bridgehead atoms. The third-order valence-electron chi connectivity index (χ3n) is 3.43. The molecule has 1 fully saturated rings.